The van der Waals surface area contributed by atoms with E-state index >= 15 is 0 Å². The molecule has 7 nitrogen and oxygen atoms in total. The molecule has 150 valence electrons. The molecule has 2 aliphatic rings. The second-order valence-corrected chi connectivity index (χ2v) is 7.48. The molecule has 1 unspecified atom stereocenters. The molecule has 0 radical (unpaired) electrons. The van der Waals surface area contributed by atoms with Crippen LogP contribution in [0.25, 0.3) is 0 Å². The Labute approximate surface area is 164 Å². The maximum Gasteiger partial charge on any atom is 0.254 e. The Kier molecular flexibility index (Phi) is 5.26. The Morgan fingerprint density at radius 2 is 2.07 bits per heavy atom. The van der Waals surface area contributed by atoms with E-state index in [9.17, 15) is 4.79 Å². The molecule has 1 fully saturated rings. The van der Waals surface area contributed by atoms with Crippen molar-refractivity contribution in [3.8, 4) is 17.2 Å². The number of hydrogen-bond acceptors (Lipinski definition) is 6. The predicted octanol–water partition coefficient (Wildman–Crippen LogP) is 2.89. The van der Waals surface area contributed by atoms with Crippen molar-refractivity contribution in [2.45, 2.75) is 46.1 Å². The Bertz CT molecular complexity index is 925. The molecule has 0 bridgehead atoms. The highest BCUT2D eigenvalue weighted by molar-refractivity contribution is 5.51. The molecule has 1 aromatic carbocycles. The van der Waals surface area contributed by atoms with Crippen LogP contribution in [0.1, 0.15) is 48.3 Å². The van der Waals surface area contributed by atoms with Gasteiger partial charge in [0.15, 0.2) is 11.5 Å². The molecule has 0 saturated carbocycles. The van der Waals surface area contributed by atoms with Crippen LogP contribution in [0.5, 0.6) is 17.2 Å². The van der Waals surface area contributed by atoms with Crippen molar-refractivity contribution in [3.63, 3.8) is 0 Å². The molecule has 0 aliphatic carbocycles. The second kappa shape index (κ2) is 7.83. The average molecular weight is 385 g/mol. The Hall–Kier alpha value is -2.54. The zero-order valence-electron chi connectivity index (χ0n) is 16.7. The number of likely N-dealkylation sites (tertiary alicyclic amines) is 1. The normalized spacial score (nSPS) is 19.0. The molecule has 1 saturated heterocycles. The first-order valence-corrected chi connectivity index (χ1v) is 9.90. The lowest BCUT2D eigenvalue weighted by atomic mass is 9.96. The van der Waals surface area contributed by atoms with Crippen molar-refractivity contribution in [3.05, 3.63) is 45.1 Å². The lowest BCUT2D eigenvalue weighted by Crippen LogP contribution is -2.35. The zero-order valence-corrected chi connectivity index (χ0v) is 16.7. The van der Waals surface area contributed by atoms with Gasteiger partial charge in [0.2, 0.25) is 6.79 Å². The number of hydrogen-bond donors (Lipinski definition) is 1. The summed E-state index contributed by atoms with van der Waals surface area (Å²) in [4.78, 5) is 22.2. The third kappa shape index (κ3) is 3.71. The van der Waals surface area contributed by atoms with Crippen molar-refractivity contribution in [2.75, 3.05) is 26.5 Å². The Balaban J connectivity index is 1.54. The van der Waals surface area contributed by atoms with E-state index in [0.717, 1.165) is 66.8 Å². The zero-order chi connectivity index (χ0) is 19.7. The number of aromatic nitrogens is 2. The largest absolute Gasteiger partial charge is 0.493 e. The molecule has 28 heavy (non-hydrogen) atoms. The van der Waals surface area contributed by atoms with Crippen LogP contribution >= 0.6 is 0 Å². The number of rotatable bonds is 5. The first kappa shape index (κ1) is 18.8. The van der Waals surface area contributed by atoms with Crippen LogP contribution in [0.4, 0.5) is 0 Å². The number of nitrogens with one attached hydrogen (secondary N) is 1. The SMILES string of the molecule is CCOc1cc2c(cc1CN1CCCC(c3nc(C)c(C)c(=O)[nH]3)C1)OCO2. The average Bonchev–Trinajstić information content (AvgIpc) is 3.13. The van der Waals surface area contributed by atoms with Gasteiger partial charge in [0.05, 0.1) is 6.61 Å². The Morgan fingerprint density at radius 3 is 2.82 bits per heavy atom. The van der Waals surface area contributed by atoms with Crippen LogP contribution in [0.15, 0.2) is 16.9 Å². The number of aryl methyl sites for hydroxylation is 1. The van der Waals surface area contributed by atoms with Gasteiger partial charge in [-0.15, -0.1) is 0 Å². The van der Waals surface area contributed by atoms with E-state index in [1.165, 1.54) is 0 Å². The van der Waals surface area contributed by atoms with Crippen LogP contribution in [-0.2, 0) is 6.54 Å². The third-order valence-corrected chi connectivity index (χ3v) is 5.55. The molecule has 0 spiro atoms. The van der Waals surface area contributed by atoms with Gasteiger partial charge in [-0.1, -0.05) is 0 Å². The highest BCUT2D eigenvalue weighted by Crippen LogP contribution is 2.39. The quantitative estimate of drug-likeness (QED) is 0.853. The van der Waals surface area contributed by atoms with Gasteiger partial charge in [-0.25, -0.2) is 4.98 Å². The first-order chi connectivity index (χ1) is 13.5. The van der Waals surface area contributed by atoms with E-state index in [1.807, 2.05) is 32.9 Å². The van der Waals surface area contributed by atoms with Crippen molar-refractivity contribution < 1.29 is 14.2 Å². The van der Waals surface area contributed by atoms with Crippen LogP contribution in [0, 0.1) is 13.8 Å². The van der Waals surface area contributed by atoms with Gasteiger partial charge >= 0.3 is 0 Å². The van der Waals surface area contributed by atoms with Gasteiger partial charge in [0.1, 0.15) is 11.6 Å². The summed E-state index contributed by atoms with van der Waals surface area (Å²) in [6.07, 6.45) is 2.09. The molecule has 1 N–H and O–H groups in total. The lowest BCUT2D eigenvalue weighted by molar-refractivity contribution is 0.173. The van der Waals surface area contributed by atoms with Gasteiger partial charge in [-0.2, -0.15) is 0 Å². The monoisotopic (exact) mass is 385 g/mol. The van der Waals surface area contributed by atoms with Crippen molar-refractivity contribution in [1.82, 2.24) is 14.9 Å². The number of piperidine rings is 1. The fourth-order valence-electron chi connectivity index (χ4n) is 3.90. The summed E-state index contributed by atoms with van der Waals surface area (Å²) in [5.41, 5.74) is 2.56. The second-order valence-electron chi connectivity index (χ2n) is 7.48. The number of fused-ring (bicyclic) bond motifs is 1. The fourth-order valence-corrected chi connectivity index (χ4v) is 3.90. The topological polar surface area (TPSA) is 76.7 Å². The lowest BCUT2D eigenvalue weighted by Gasteiger charge is -2.32. The highest BCUT2D eigenvalue weighted by atomic mass is 16.7. The molecule has 2 aromatic rings. The van der Waals surface area contributed by atoms with Gasteiger partial charge in [0.25, 0.3) is 5.56 Å². The summed E-state index contributed by atoms with van der Waals surface area (Å²) in [6, 6.07) is 3.94. The van der Waals surface area contributed by atoms with Crippen LogP contribution in [-0.4, -0.2) is 41.4 Å². The van der Waals surface area contributed by atoms with E-state index < -0.39 is 0 Å². The van der Waals surface area contributed by atoms with Gasteiger partial charge in [-0.3, -0.25) is 9.69 Å². The van der Waals surface area contributed by atoms with Gasteiger partial charge < -0.3 is 19.2 Å². The number of ether oxygens (including phenoxy) is 3. The summed E-state index contributed by atoms with van der Waals surface area (Å²) in [6.45, 7) is 9.16. The number of nitrogens with zero attached hydrogens (tertiary/aromatic N) is 2. The van der Waals surface area contributed by atoms with Gasteiger partial charge in [0, 0.05) is 41.9 Å². The Morgan fingerprint density at radius 1 is 1.29 bits per heavy atom. The smallest absolute Gasteiger partial charge is 0.254 e. The summed E-state index contributed by atoms with van der Waals surface area (Å²) < 4.78 is 16.9. The van der Waals surface area contributed by atoms with Crippen LogP contribution < -0.4 is 19.8 Å². The third-order valence-electron chi connectivity index (χ3n) is 5.55. The minimum absolute atomic E-state index is 0.0333. The molecule has 7 heteroatoms. The highest BCUT2D eigenvalue weighted by Gasteiger charge is 2.26. The molecule has 0 amide bonds. The molecule has 3 heterocycles. The van der Waals surface area contributed by atoms with E-state index in [-0.39, 0.29) is 18.3 Å². The van der Waals surface area contributed by atoms with E-state index in [1.54, 1.807) is 0 Å². The number of aromatic amines is 1. The maximum atomic E-state index is 12.1. The van der Waals surface area contributed by atoms with Crippen molar-refractivity contribution in [1.29, 1.82) is 0 Å². The molecule has 1 aromatic heterocycles. The predicted molar refractivity (Wildman–Crippen MR) is 105 cm³/mol. The number of benzene rings is 1. The summed E-state index contributed by atoms with van der Waals surface area (Å²) in [5.74, 6) is 3.37. The van der Waals surface area contributed by atoms with Crippen molar-refractivity contribution >= 4 is 0 Å². The number of H-pyrrole nitrogens is 1. The van der Waals surface area contributed by atoms with E-state index in [4.69, 9.17) is 14.2 Å². The molecule has 4 rings (SSSR count). The van der Waals surface area contributed by atoms with Gasteiger partial charge in [-0.05, 0) is 46.2 Å². The summed E-state index contributed by atoms with van der Waals surface area (Å²) >= 11 is 0. The molecule has 2 aliphatic heterocycles. The summed E-state index contributed by atoms with van der Waals surface area (Å²) in [5, 5.41) is 0. The minimum atomic E-state index is -0.0333. The summed E-state index contributed by atoms with van der Waals surface area (Å²) in [7, 11) is 0. The first-order valence-electron chi connectivity index (χ1n) is 9.90. The fraction of sp³-hybridized carbons (Fsp3) is 0.524. The van der Waals surface area contributed by atoms with Crippen molar-refractivity contribution in [2.24, 2.45) is 0 Å². The van der Waals surface area contributed by atoms with E-state index in [2.05, 4.69) is 14.9 Å². The van der Waals surface area contributed by atoms with Crippen LogP contribution in [0.3, 0.4) is 0 Å². The maximum absolute atomic E-state index is 12.1. The molecule has 1 atom stereocenters. The molecular formula is C21H27N3O4. The van der Waals surface area contributed by atoms with Crippen LogP contribution in [0.2, 0.25) is 0 Å². The van der Waals surface area contributed by atoms with E-state index in [0.29, 0.717) is 12.2 Å². The molecular weight excluding hydrogens is 358 g/mol. The minimum Gasteiger partial charge on any atom is -0.493 e. The standard InChI is InChI=1S/C21H27N3O4/c1-4-26-17-9-19-18(27-12-28-19)8-16(17)11-24-7-5-6-15(10-24)20-22-14(3)13(2)21(25)23-20/h8-9,15H,4-7,10-12H2,1-3H3,(H,22,23,25).